The smallest absolute Gasteiger partial charge is 0.417 e. The van der Waals surface area contributed by atoms with Crippen molar-refractivity contribution in [2.45, 2.75) is 50.7 Å². The SMILES string of the molecule is O=C1N=NC2(CCCCCCC2)O1. The Labute approximate surface area is 77.4 Å². The number of hydrogen-bond donors (Lipinski definition) is 0. The Morgan fingerprint density at radius 3 is 2.23 bits per heavy atom. The fourth-order valence-corrected chi connectivity index (χ4v) is 2.00. The molecule has 4 heteroatoms. The minimum atomic E-state index is -0.572. The molecule has 1 heterocycles. The maximum atomic E-state index is 10.8. The standard InChI is InChI=1S/C9H14N2O2/c12-8-10-11-9(13-8)6-4-2-1-3-5-7-9/h1-7H2. The van der Waals surface area contributed by atoms with Gasteiger partial charge in [-0.1, -0.05) is 24.4 Å². The molecule has 0 aromatic rings. The third-order valence-electron chi connectivity index (χ3n) is 2.73. The number of nitrogens with zero attached hydrogens (tertiary/aromatic N) is 2. The van der Waals surface area contributed by atoms with Gasteiger partial charge in [0.25, 0.3) is 0 Å². The summed E-state index contributed by atoms with van der Waals surface area (Å²) in [6, 6.07) is 0. The second-order valence-electron chi connectivity index (χ2n) is 3.78. The van der Waals surface area contributed by atoms with Gasteiger partial charge in [-0.3, -0.25) is 0 Å². The van der Waals surface area contributed by atoms with Gasteiger partial charge in [0.15, 0.2) is 0 Å². The van der Waals surface area contributed by atoms with Gasteiger partial charge in [0.05, 0.1) is 0 Å². The van der Waals surface area contributed by atoms with E-state index < -0.39 is 11.8 Å². The molecule has 0 atom stereocenters. The molecule has 1 fully saturated rings. The number of carbonyl (C=O) groups excluding carboxylic acids is 1. The van der Waals surface area contributed by atoms with Crippen LogP contribution in [-0.4, -0.2) is 11.8 Å². The first-order valence-electron chi connectivity index (χ1n) is 4.97. The molecule has 2 rings (SSSR count). The summed E-state index contributed by atoms with van der Waals surface area (Å²) in [5, 5.41) is 7.41. The maximum absolute atomic E-state index is 10.8. The molecule has 0 bridgehead atoms. The van der Waals surface area contributed by atoms with Crippen molar-refractivity contribution < 1.29 is 9.53 Å². The van der Waals surface area contributed by atoms with Crippen LogP contribution in [0.25, 0.3) is 0 Å². The number of hydrogen-bond acceptors (Lipinski definition) is 3. The van der Waals surface area contributed by atoms with Crippen molar-refractivity contribution in [2.24, 2.45) is 10.2 Å². The van der Waals surface area contributed by atoms with Crippen molar-refractivity contribution in [2.75, 3.05) is 0 Å². The van der Waals surface area contributed by atoms with Crippen LogP contribution in [0.1, 0.15) is 44.9 Å². The lowest BCUT2D eigenvalue weighted by molar-refractivity contribution is 0.0224. The minimum Gasteiger partial charge on any atom is -0.417 e. The van der Waals surface area contributed by atoms with Crippen molar-refractivity contribution in [3.8, 4) is 0 Å². The minimum absolute atomic E-state index is 0.513. The zero-order chi connectivity index (χ0) is 9.15. The molecular formula is C9H14N2O2. The summed E-state index contributed by atoms with van der Waals surface area (Å²) < 4.78 is 5.15. The van der Waals surface area contributed by atoms with E-state index in [0.717, 1.165) is 25.7 Å². The van der Waals surface area contributed by atoms with Crippen molar-refractivity contribution in [1.29, 1.82) is 0 Å². The first-order valence-corrected chi connectivity index (χ1v) is 4.97. The zero-order valence-electron chi connectivity index (χ0n) is 7.66. The summed E-state index contributed by atoms with van der Waals surface area (Å²) in [4.78, 5) is 10.8. The first kappa shape index (κ1) is 8.66. The zero-order valence-corrected chi connectivity index (χ0v) is 7.66. The predicted octanol–water partition coefficient (Wildman–Crippen LogP) is 3.03. The third-order valence-corrected chi connectivity index (χ3v) is 2.73. The predicted molar refractivity (Wildman–Crippen MR) is 46.4 cm³/mol. The highest BCUT2D eigenvalue weighted by atomic mass is 16.6. The molecule has 1 spiro atoms. The van der Waals surface area contributed by atoms with Gasteiger partial charge in [0.2, 0.25) is 5.72 Å². The highest BCUT2D eigenvalue weighted by molar-refractivity contribution is 5.69. The van der Waals surface area contributed by atoms with E-state index in [1.54, 1.807) is 0 Å². The van der Waals surface area contributed by atoms with Crippen molar-refractivity contribution in [3.05, 3.63) is 0 Å². The van der Waals surface area contributed by atoms with Crippen molar-refractivity contribution in [3.63, 3.8) is 0 Å². The van der Waals surface area contributed by atoms with Gasteiger partial charge in [-0.05, 0) is 12.8 Å². The van der Waals surface area contributed by atoms with E-state index in [-0.39, 0.29) is 0 Å². The first-order chi connectivity index (χ1) is 6.31. The van der Waals surface area contributed by atoms with Crippen LogP contribution in [0.3, 0.4) is 0 Å². The lowest BCUT2D eigenvalue weighted by atomic mass is 9.94. The summed E-state index contributed by atoms with van der Waals surface area (Å²) in [6.07, 6.45) is 7.09. The second kappa shape index (κ2) is 3.44. The molecule has 0 aromatic carbocycles. The second-order valence-corrected chi connectivity index (χ2v) is 3.78. The van der Waals surface area contributed by atoms with Gasteiger partial charge in [-0.15, -0.1) is 5.11 Å². The Bertz CT molecular complexity index is 230. The van der Waals surface area contributed by atoms with E-state index in [4.69, 9.17) is 4.74 Å². The van der Waals surface area contributed by atoms with E-state index in [1.807, 2.05) is 0 Å². The number of ether oxygens (including phenoxy) is 1. The van der Waals surface area contributed by atoms with Crippen LogP contribution >= 0.6 is 0 Å². The van der Waals surface area contributed by atoms with E-state index in [0.29, 0.717) is 0 Å². The lowest BCUT2D eigenvalue weighted by Gasteiger charge is -2.24. The van der Waals surface area contributed by atoms with Gasteiger partial charge in [-0.25, -0.2) is 4.79 Å². The molecule has 72 valence electrons. The van der Waals surface area contributed by atoms with E-state index in [9.17, 15) is 4.79 Å². The summed E-state index contributed by atoms with van der Waals surface area (Å²) in [5.41, 5.74) is -0.572. The Morgan fingerprint density at radius 2 is 1.69 bits per heavy atom. The molecular weight excluding hydrogens is 168 g/mol. The molecule has 0 saturated heterocycles. The number of rotatable bonds is 0. The average Bonchev–Trinajstić information content (AvgIpc) is 2.42. The normalized spacial score (nSPS) is 26.9. The molecule has 4 nitrogen and oxygen atoms in total. The summed E-state index contributed by atoms with van der Waals surface area (Å²) >= 11 is 0. The monoisotopic (exact) mass is 182 g/mol. The van der Waals surface area contributed by atoms with Gasteiger partial charge in [0, 0.05) is 12.8 Å². The van der Waals surface area contributed by atoms with Crippen LogP contribution in [-0.2, 0) is 4.74 Å². The fraction of sp³-hybridized carbons (Fsp3) is 0.889. The van der Waals surface area contributed by atoms with Crippen LogP contribution < -0.4 is 0 Å². The van der Waals surface area contributed by atoms with Crippen LogP contribution in [0.15, 0.2) is 10.2 Å². The molecule has 2 aliphatic rings. The van der Waals surface area contributed by atoms with Crippen molar-refractivity contribution in [1.82, 2.24) is 0 Å². The van der Waals surface area contributed by atoms with Crippen LogP contribution in [0, 0.1) is 0 Å². The molecule has 0 N–H and O–H groups in total. The molecule has 13 heavy (non-hydrogen) atoms. The van der Waals surface area contributed by atoms with Gasteiger partial charge < -0.3 is 4.74 Å². The topological polar surface area (TPSA) is 51.0 Å². The molecule has 0 radical (unpaired) electrons. The number of amides is 1. The molecule has 0 aromatic heterocycles. The van der Waals surface area contributed by atoms with E-state index in [1.165, 1.54) is 19.3 Å². The molecule has 0 unspecified atom stereocenters. The maximum Gasteiger partial charge on any atom is 0.454 e. The lowest BCUT2D eigenvalue weighted by Crippen LogP contribution is -2.28. The molecule has 1 saturated carbocycles. The van der Waals surface area contributed by atoms with Gasteiger partial charge >= 0.3 is 6.09 Å². The highest BCUT2D eigenvalue weighted by Crippen LogP contribution is 2.34. The average molecular weight is 182 g/mol. The van der Waals surface area contributed by atoms with Crippen LogP contribution in [0.5, 0.6) is 0 Å². The largest absolute Gasteiger partial charge is 0.454 e. The quantitative estimate of drug-likeness (QED) is 0.578. The molecule has 1 amide bonds. The summed E-state index contributed by atoms with van der Waals surface area (Å²) in [6.45, 7) is 0. The van der Waals surface area contributed by atoms with Gasteiger partial charge in [-0.2, -0.15) is 0 Å². The third kappa shape index (κ3) is 1.87. The summed E-state index contributed by atoms with van der Waals surface area (Å²) in [7, 11) is 0. The van der Waals surface area contributed by atoms with Crippen molar-refractivity contribution >= 4 is 6.09 Å². The summed E-state index contributed by atoms with van der Waals surface area (Å²) in [5.74, 6) is 0. The Morgan fingerprint density at radius 1 is 1.08 bits per heavy atom. The molecule has 1 aliphatic heterocycles. The Kier molecular flexibility index (Phi) is 2.29. The van der Waals surface area contributed by atoms with E-state index in [2.05, 4.69) is 10.2 Å². The fourth-order valence-electron chi connectivity index (χ4n) is 2.00. The van der Waals surface area contributed by atoms with E-state index >= 15 is 0 Å². The number of carbonyl (C=O) groups is 1. The van der Waals surface area contributed by atoms with Crippen LogP contribution in [0.4, 0.5) is 4.79 Å². The van der Waals surface area contributed by atoms with Crippen LogP contribution in [0.2, 0.25) is 0 Å². The highest BCUT2D eigenvalue weighted by Gasteiger charge is 2.38. The Hall–Kier alpha value is -0.930. The number of azo groups is 1. The Balaban J connectivity index is 2.02. The molecule has 1 aliphatic carbocycles. The van der Waals surface area contributed by atoms with Gasteiger partial charge in [0.1, 0.15) is 0 Å².